The van der Waals surface area contributed by atoms with Crippen molar-refractivity contribution in [2.24, 2.45) is 5.84 Å². The van der Waals surface area contributed by atoms with Gasteiger partial charge >= 0.3 is 0 Å². The van der Waals surface area contributed by atoms with Gasteiger partial charge in [-0.1, -0.05) is 18.2 Å². The Morgan fingerprint density at radius 2 is 2.05 bits per heavy atom. The van der Waals surface area contributed by atoms with Crippen molar-refractivity contribution in [3.8, 4) is 5.75 Å². The van der Waals surface area contributed by atoms with Crippen LogP contribution in [-0.2, 0) is 6.54 Å². The Hall–Kier alpha value is -2.34. The molecule has 1 aromatic heterocycles. The monoisotopic (exact) mass is 273 g/mol. The van der Waals surface area contributed by atoms with Crippen LogP contribution in [0.15, 0.2) is 30.3 Å². The van der Waals surface area contributed by atoms with Crippen LogP contribution in [0, 0.1) is 6.92 Å². The zero-order chi connectivity index (χ0) is 14.5. The van der Waals surface area contributed by atoms with Gasteiger partial charge < -0.3 is 9.64 Å². The van der Waals surface area contributed by atoms with Crippen LogP contribution in [0.1, 0.15) is 11.3 Å². The van der Waals surface area contributed by atoms with E-state index in [-0.39, 0.29) is 0 Å². The molecule has 0 radical (unpaired) electrons. The molecule has 0 aliphatic heterocycles. The van der Waals surface area contributed by atoms with Gasteiger partial charge in [-0.15, -0.1) is 0 Å². The number of nitrogens with one attached hydrogen (secondary N) is 1. The first-order valence-electron chi connectivity index (χ1n) is 6.29. The van der Waals surface area contributed by atoms with Crippen LogP contribution in [0.3, 0.4) is 0 Å². The highest BCUT2D eigenvalue weighted by atomic mass is 16.5. The number of rotatable bonds is 5. The Morgan fingerprint density at radius 3 is 2.75 bits per heavy atom. The van der Waals surface area contributed by atoms with E-state index in [1.807, 2.05) is 49.2 Å². The lowest BCUT2D eigenvalue weighted by Gasteiger charge is -2.20. The fourth-order valence-electron chi connectivity index (χ4n) is 1.98. The van der Waals surface area contributed by atoms with Crippen molar-refractivity contribution in [2.75, 3.05) is 24.5 Å². The second-order valence-electron chi connectivity index (χ2n) is 4.50. The summed E-state index contributed by atoms with van der Waals surface area (Å²) in [6.07, 6.45) is 0. The van der Waals surface area contributed by atoms with Gasteiger partial charge in [0.05, 0.1) is 7.11 Å². The molecule has 2 rings (SSSR count). The van der Waals surface area contributed by atoms with Gasteiger partial charge in [-0.25, -0.2) is 10.8 Å². The van der Waals surface area contributed by atoms with Gasteiger partial charge in [0.1, 0.15) is 11.6 Å². The topological polar surface area (TPSA) is 76.3 Å². The number of aryl methyl sites for hydroxylation is 1. The number of ether oxygens (including phenoxy) is 1. The van der Waals surface area contributed by atoms with Crippen LogP contribution in [0.5, 0.6) is 5.75 Å². The van der Waals surface area contributed by atoms with Crippen LogP contribution in [0.4, 0.5) is 11.8 Å². The quantitative estimate of drug-likeness (QED) is 0.638. The largest absolute Gasteiger partial charge is 0.496 e. The van der Waals surface area contributed by atoms with E-state index in [2.05, 4.69) is 15.4 Å². The number of hydrazine groups is 1. The Kier molecular flexibility index (Phi) is 4.37. The average Bonchev–Trinajstić information content (AvgIpc) is 2.47. The van der Waals surface area contributed by atoms with E-state index in [9.17, 15) is 0 Å². The van der Waals surface area contributed by atoms with Crippen LogP contribution in [0.25, 0.3) is 0 Å². The Morgan fingerprint density at radius 1 is 1.30 bits per heavy atom. The zero-order valence-corrected chi connectivity index (χ0v) is 11.9. The molecule has 0 saturated heterocycles. The van der Waals surface area contributed by atoms with E-state index >= 15 is 0 Å². The summed E-state index contributed by atoms with van der Waals surface area (Å²) in [6.45, 7) is 2.59. The summed E-state index contributed by atoms with van der Waals surface area (Å²) in [5.41, 5.74) is 4.43. The summed E-state index contributed by atoms with van der Waals surface area (Å²) >= 11 is 0. The molecule has 0 aliphatic carbocycles. The molecule has 0 unspecified atom stereocenters. The van der Waals surface area contributed by atoms with Crippen molar-refractivity contribution in [1.82, 2.24) is 9.97 Å². The molecule has 3 N–H and O–H groups in total. The molecule has 6 nitrogen and oxygen atoms in total. The average molecular weight is 273 g/mol. The van der Waals surface area contributed by atoms with Gasteiger partial charge in [0, 0.05) is 30.9 Å². The van der Waals surface area contributed by atoms with Crippen LogP contribution in [-0.4, -0.2) is 24.1 Å². The van der Waals surface area contributed by atoms with Crippen molar-refractivity contribution < 1.29 is 4.74 Å². The number of para-hydroxylation sites is 1. The summed E-state index contributed by atoms with van der Waals surface area (Å²) in [5, 5.41) is 0. The highest BCUT2D eigenvalue weighted by Gasteiger charge is 2.09. The molecular weight excluding hydrogens is 254 g/mol. The van der Waals surface area contributed by atoms with E-state index in [0.29, 0.717) is 12.5 Å². The molecule has 1 aromatic carbocycles. The van der Waals surface area contributed by atoms with Gasteiger partial charge in [-0.05, 0) is 13.0 Å². The van der Waals surface area contributed by atoms with E-state index in [1.165, 1.54) is 0 Å². The Labute approximate surface area is 118 Å². The first kappa shape index (κ1) is 14.1. The minimum Gasteiger partial charge on any atom is -0.496 e. The minimum absolute atomic E-state index is 0.409. The predicted octanol–water partition coefficient (Wildman–Crippen LogP) is 1.72. The molecular formula is C14H19N5O. The standard InChI is InChI=1S/C14H19N5O/c1-10-8-13(17-14(16-10)18-15)19(2)9-11-6-4-5-7-12(11)20-3/h4-8H,9,15H2,1-3H3,(H,16,17,18). The van der Waals surface area contributed by atoms with Crippen LogP contribution >= 0.6 is 0 Å². The summed E-state index contributed by atoms with van der Waals surface area (Å²) in [7, 11) is 3.64. The number of benzene rings is 1. The van der Waals surface area contributed by atoms with Crippen molar-refractivity contribution in [3.05, 3.63) is 41.6 Å². The van der Waals surface area contributed by atoms with Gasteiger partial charge in [-0.3, -0.25) is 5.43 Å². The summed E-state index contributed by atoms with van der Waals surface area (Å²) in [5.74, 6) is 7.45. The van der Waals surface area contributed by atoms with E-state index in [4.69, 9.17) is 10.6 Å². The number of nitrogens with two attached hydrogens (primary N) is 1. The van der Waals surface area contributed by atoms with E-state index in [0.717, 1.165) is 22.8 Å². The lowest BCUT2D eigenvalue weighted by molar-refractivity contribution is 0.409. The number of hydrogen-bond acceptors (Lipinski definition) is 6. The van der Waals surface area contributed by atoms with Gasteiger partial charge in [0.2, 0.25) is 5.95 Å². The van der Waals surface area contributed by atoms with Crippen LogP contribution in [0.2, 0.25) is 0 Å². The molecule has 0 bridgehead atoms. The molecule has 1 heterocycles. The molecule has 0 fully saturated rings. The highest BCUT2D eigenvalue weighted by Crippen LogP contribution is 2.21. The molecule has 0 aliphatic rings. The van der Waals surface area contributed by atoms with Gasteiger partial charge in [0.15, 0.2) is 0 Å². The summed E-state index contributed by atoms with van der Waals surface area (Å²) in [6, 6.07) is 9.83. The number of hydrogen-bond donors (Lipinski definition) is 2. The smallest absolute Gasteiger partial charge is 0.239 e. The molecule has 0 amide bonds. The summed E-state index contributed by atoms with van der Waals surface area (Å²) in [4.78, 5) is 10.5. The second-order valence-corrected chi connectivity index (χ2v) is 4.50. The van der Waals surface area contributed by atoms with Gasteiger partial charge in [-0.2, -0.15) is 4.98 Å². The third kappa shape index (κ3) is 3.16. The number of anilines is 2. The second kappa shape index (κ2) is 6.21. The maximum atomic E-state index is 5.37. The molecule has 2 aromatic rings. The molecule has 20 heavy (non-hydrogen) atoms. The lowest BCUT2D eigenvalue weighted by Crippen LogP contribution is -2.20. The minimum atomic E-state index is 0.409. The highest BCUT2D eigenvalue weighted by molar-refractivity contribution is 5.45. The van der Waals surface area contributed by atoms with Crippen molar-refractivity contribution in [1.29, 1.82) is 0 Å². The third-order valence-corrected chi connectivity index (χ3v) is 2.96. The van der Waals surface area contributed by atoms with Crippen molar-refractivity contribution in [3.63, 3.8) is 0 Å². The maximum Gasteiger partial charge on any atom is 0.239 e. The molecule has 106 valence electrons. The number of nitrogen functional groups attached to an aromatic ring is 1. The molecule has 6 heteroatoms. The zero-order valence-electron chi connectivity index (χ0n) is 11.9. The number of methoxy groups -OCH3 is 1. The lowest BCUT2D eigenvalue weighted by atomic mass is 10.2. The summed E-state index contributed by atoms with van der Waals surface area (Å²) < 4.78 is 5.36. The Balaban J connectivity index is 2.23. The number of nitrogens with zero attached hydrogens (tertiary/aromatic N) is 3. The fraction of sp³-hybridized carbons (Fsp3) is 0.286. The first-order chi connectivity index (χ1) is 9.63. The molecule has 0 spiro atoms. The number of aromatic nitrogens is 2. The maximum absolute atomic E-state index is 5.37. The van der Waals surface area contributed by atoms with Gasteiger partial charge in [0.25, 0.3) is 0 Å². The Bertz CT molecular complexity index is 588. The third-order valence-electron chi connectivity index (χ3n) is 2.96. The van der Waals surface area contributed by atoms with Crippen molar-refractivity contribution in [2.45, 2.75) is 13.5 Å². The fourth-order valence-corrected chi connectivity index (χ4v) is 1.98. The predicted molar refractivity (Wildman–Crippen MR) is 79.7 cm³/mol. The van der Waals surface area contributed by atoms with E-state index in [1.54, 1.807) is 7.11 Å². The normalized spacial score (nSPS) is 10.2. The SMILES string of the molecule is COc1ccccc1CN(C)c1cc(C)nc(NN)n1. The van der Waals surface area contributed by atoms with E-state index < -0.39 is 0 Å². The molecule has 0 saturated carbocycles. The van der Waals surface area contributed by atoms with Crippen molar-refractivity contribution >= 4 is 11.8 Å². The van der Waals surface area contributed by atoms with Crippen LogP contribution < -0.4 is 20.9 Å². The first-order valence-corrected chi connectivity index (χ1v) is 6.29. The molecule has 0 atom stereocenters.